The van der Waals surface area contributed by atoms with Gasteiger partial charge in [-0.05, 0) is 29.1 Å². The maximum atomic E-state index is 14.2. The van der Waals surface area contributed by atoms with Crippen molar-refractivity contribution in [1.29, 1.82) is 0 Å². The largest absolute Gasteiger partial charge is 0.379 e. The number of urea groups is 1. The van der Waals surface area contributed by atoms with E-state index in [1.165, 1.54) is 11.0 Å². The average Bonchev–Trinajstić information content (AvgIpc) is 3.42. The molecule has 0 unspecified atom stereocenters. The van der Waals surface area contributed by atoms with Crippen LogP contribution in [-0.4, -0.2) is 72.6 Å². The second-order valence-corrected chi connectivity index (χ2v) is 9.78. The normalized spacial score (nSPS) is 13.8. The maximum Gasteiger partial charge on any atom is 0.322 e. The molecule has 4 rings (SSSR count). The highest BCUT2D eigenvalue weighted by atomic mass is 32.1. The Morgan fingerprint density at radius 3 is 2.46 bits per heavy atom. The van der Waals surface area contributed by atoms with Gasteiger partial charge in [-0.15, -0.1) is 11.3 Å². The van der Waals surface area contributed by atoms with Crippen LogP contribution in [0.1, 0.15) is 10.4 Å². The Morgan fingerprint density at radius 1 is 0.973 bits per heavy atom. The summed E-state index contributed by atoms with van der Waals surface area (Å²) in [6.07, 6.45) is 0. The number of nitrogens with zero attached hydrogens (tertiary/aromatic N) is 3. The number of ether oxygens (including phenoxy) is 1. The Kier molecular flexibility index (Phi) is 9.58. The number of thiophene rings is 1. The van der Waals surface area contributed by atoms with E-state index in [-0.39, 0.29) is 24.7 Å². The lowest BCUT2D eigenvalue weighted by Gasteiger charge is -2.31. The molecule has 10 heteroatoms. The summed E-state index contributed by atoms with van der Waals surface area (Å²) < 4.78 is 33.0. The van der Waals surface area contributed by atoms with Crippen LogP contribution in [0.4, 0.5) is 19.3 Å². The smallest absolute Gasteiger partial charge is 0.322 e. The molecular weight excluding hydrogens is 498 g/mol. The first-order valence-electron chi connectivity index (χ1n) is 12.1. The van der Waals surface area contributed by atoms with Crippen LogP contribution in [0.5, 0.6) is 0 Å². The predicted molar refractivity (Wildman–Crippen MR) is 139 cm³/mol. The van der Waals surface area contributed by atoms with E-state index in [9.17, 15) is 18.4 Å². The van der Waals surface area contributed by atoms with Gasteiger partial charge in [0.1, 0.15) is 18.2 Å². The van der Waals surface area contributed by atoms with E-state index in [1.54, 1.807) is 16.2 Å². The number of hydrogen-bond acceptors (Lipinski definition) is 5. The molecule has 1 saturated heterocycles. The van der Waals surface area contributed by atoms with Gasteiger partial charge in [0.05, 0.1) is 25.4 Å². The SMILES string of the molecule is O=C(CN(CCN1CCOCC1)C(=O)Nc1ccc(F)cc1F)N(Cc1ccccc1)Cc1cccs1. The minimum atomic E-state index is -0.879. The molecule has 3 aromatic rings. The fraction of sp³-hybridized carbons (Fsp3) is 0.333. The molecule has 0 atom stereocenters. The first-order chi connectivity index (χ1) is 18.0. The summed E-state index contributed by atoms with van der Waals surface area (Å²) in [6, 6.07) is 15.9. The number of amides is 3. The number of nitrogens with one attached hydrogen (secondary N) is 1. The lowest BCUT2D eigenvalue weighted by atomic mass is 10.2. The minimum Gasteiger partial charge on any atom is -0.379 e. The van der Waals surface area contributed by atoms with Crippen molar-refractivity contribution in [3.63, 3.8) is 0 Å². The van der Waals surface area contributed by atoms with Gasteiger partial charge in [-0.25, -0.2) is 13.6 Å². The van der Waals surface area contributed by atoms with Crippen LogP contribution in [-0.2, 0) is 22.6 Å². The van der Waals surface area contributed by atoms with E-state index in [0.29, 0.717) is 38.9 Å². The van der Waals surface area contributed by atoms with Crippen molar-refractivity contribution >= 4 is 29.0 Å². The number of anilines is 1. The third-order valence-corrected chi connectivity index (χ3v) is 6.93. The topological polar surface area (TPSA) is 65.1 Å². The fourth-order valence-electron chi connectivity index (χ4n) is 4.01. The molecule has 0 saturated carbocycles. The Labute approximate surface area is 219 Å². The average molecular weight is 529 g/mol. The van der Waals surface area contributed by atoms with E-state index < -0.39 is 17.7 Å². The van der Waals surface area contributed by atoms with Gasteiger partial charge in [-0.2, -0.15) is 0 Å². The fourth-order valence-corrected chi connectivity index (χ4v) is 4.73. The Balaban J connectivity index is 1.49. The number of benzene rings is 2. The molecule has 37 heavy (non-hydrogen) atoms. The number of morpholine rings is 1. The predicted octanol–water partition coefficient (Wildman–Crippen LogP) is 4.42. The maximum absolute atomic E-state index is 14.2. The van der Waals surface area contributed by atoms with Gasteiger partial charge < -0.3 is 19.9 Å². The molecule has 1 aromatic heterocycles. The van der Waals surface area contributed by atoms with Gasteiger partial charge in [0.25, 0.3) is 0 Å². The number of carbonyl (C=O) groups is 2. The number of hydrogen-bond donors (Lipinski definition) is 1. The lowest BCUT2D eigenvalue weighted by Crippen LogP contribution is -2.48. The molecule has 1 aliphatic rings. The zero-order valence-corrected chi connectivity index (χ0v) is 21.3. The van der Waals surface area contributed by atoms with Gasteiger partial charge in [0, 0.05) is 43.7 Å². The van der Waals surface area contributed by atoms with Gasteiger partial charge >= 0.3 is 6.03 Å². The standard InChI is InChI=1S/C27H30F2N4O3S/c28-22-8-9-25(24(29)17-22)30-27(35)32(11-10-31-12-14-36-15-13-31)20-26(34)33(19-23-7-4-16-37-23)18-21-5-2-1-3-6-21/h1-9,16-17H,10-15,18-20H2,(H,30,35). The molecule has 2 aromatic carbocycles. The molecule has 0 radical (unpaired) electrons. The summed E-state index contributed by atoms with van der Waals surface area (Å²) in [5.74, 6) is -1.84. The monoisotopic (exact) mass is 528 g/mol. The van der Waals surface area contributed by atoms with Crippen LogP contribution >= 0.6 is 11.3 Å². The molecule has 0 spiro atoms. The summed E-state index contributed by atoms with van der Waals surface area (Å²) in [6.45, 7) is 4.10. The summed E-state index contributed by atoms with van der Waals surface area (Å²) in [5, 5.41) is 4.46. The molecular formula is C27H30F2N4O3S. The Bertz CT molecular complexity index is 1160. The van der Waals surface area contributed by atoms with Crippen molar-refractivity contribution in [2.45, 2.75) is 13.1 Å². The van der Waals surface area contributed by atoms with Crippen molar-refractivity contribution in [3.8, 4) is 0 Å². The van der Waals surface area contributed by atoms with E-state index >= 15 is 0 Å². The Morgan fingerprint density at radius 2 is 1.76 bits per heavy atom. The van der Waals surface area contributed by atoms with Crippen LogP contribution in [0.25, 0.3) is 0 Å². The zero-order valence-electron chi connectivity index (χ0n) is 20.4. The van der Waals surface area contributed by atoms with Crippen LogP contribution in [0, 0.1) is 11.6 Å². The molecule has 1 N–H and O–H groups in total. The summed E-state index contributed by atoms with van der Waals surface area (Å²) >= 11 is 1.56. The number of carbonyl (C=O) groups excluding carboxylic acids is 2. The van der Waals surface area contributed by atoms with Crippen LogP contribution in [0.2, 0.25) is 0 Å². The second kappa shape index (κ2) is 13.3. The van der Waals surface area contributed by atoms with Crippen molar-refractivity contribution < 1.29 is 23.1 Å². The quantitative estimate of drug-likeness (QED) is 0.423. The van der Waals surface area contributed by atoms with E-state index in [4.69, 9.17) is 4.74 Å². The molecule has 0 bridgehead atoms. The van der Waals surface area contributed by atoms with Gasteiger partial charge in [-0.1, -0.05) is 36.4 Å². The Hall–Kier alpha value is -3.34. The van der Waals surface area contributed by atoms with E-state index in [2.05, 4.69) is 10.2 Å². The van der Waals surface area contributed by atoms with Crippen molar-refractivity contribution in [2.24, 2.45) is 0 Å². The molecule has 2 heterocycles. The third kappa shape index (κ3) is 8.08. The molecule has 196 valence electrons. The zero-order chi connectivity index (χ0) is 26.0. The number of halogens is 2. The van der Waals surface area contributed by atoms with Gasteiger partial charge in [0.15, 0.2) is 0 Å². The van der Waals surface area contributed by atoms with Crippen LogP contribution < -0.4 is 5.32 Å². The minimum absolute atomic E-state index is 0.144. The summed E-state index contributed by atoms with van der Waals surface area (Å²) in [5.41, 5.74) is 0.833. The molecule has 1 aliphatic heterocycles. The molecule has 3 amide bonds. The van der Waals surface area contributed by atoms with Gasteiger partial charge in [-0.3, -0.25) is 9.69 Å². The van der Waals surface area contributed by atoms with Crippen molar-refractivity contribution in [3.05, 3.63) is 88.1 Å². The lowest BCUT2D eigenvalue weighted by molar-refractivity contribution is -0.133. The van der Waals surface area contributed by atoms with E-state index in [1.807, 2.05) is 47.8 Å². The first-order valence-corrected chi connectivity index (χ1v) is 13.0. The van der Waals surface area contributed by atoms with Crippen LogP contribution in [0.15, 0.2) is 66.0 Å². The first kappa shape index (κ1) is 26.7. The summed E-state index contributed by atoms with van der Waals surface area (Å²) in [7, 11) is 0. The van der Waals surface area contributed by atoms with Crippen molar-refractivity contribution in [2.75, 3.05) is 51.3 Å². The third-order valence-electron chi connectivity index (χ3n) is 6.07. The molecule has 0 aliphatic carbocycles. The highest BCUT2D eigenvalue weighted by molar-refractivity contribution is 7.09. The van der Waals surface area contributed by atoms with E-state index in [0.717, 1.165) is 29.6 Å². The van der Waals surface area contributed by atoms with Crippen molar-refractivity contribution in [1.82, 2.24) is 14.7 Å². The highest BCUT2D eigenvalue weighted by Gasteiger charge is 2.24. The summed E-state index contributed by atoms with van der Waals surface area (Å²) in [4.78, 5) is 33.0. The second-order valence-electron chi connectivity index (χ2n) is 8.74. The number of rotatable bonds is 10. The van der Waals surface area contributed by atoms with Crippen LogP contribution in [0.3, 0.4) is 0 Å². The van der Waals surface area contributed by atoms with Gasteiger partial charge in [0.2, 0.25) is 5.91 Å². The highest BCUT2D eigenvalue weighted by Crippen LogP contribution is 2.17. The molecule has 1 fully saturated rings. The molecule has 7 nitrogen and oxygen atoms in total.